The maximum atomic E-state index is 13.0. The molecule has 0 aliphatic carbocycles. The topological polar surface area (TPSA) is 78.8 Å². The summed E-state index contributed by atoms with van der Waals surface area (Å²) in [5, 5.41) is 4.17. The number of aryl methyl sites for hydroxylation is 3. The molecule has 2 aliphatic heterocycles. The third-order valence-corrected chi connectivity index (χ3v) is 9.21. The Morgan fingerprint density at radius 2 is 1.87 bits per heavy atom. The van der Waals surface area contributed by atoms with Crippen molar-refractivity contribution in [2.45, 2.75) is 32.1 Å². The van der Waals surface area contributed by atoms with E-state index >= 15 is 0 Å². The highest BCUT2D eigenvalue weighted by Crippen LogP contribution is 2.37. The maximum absolute atomic E-state index is 13.0. The average Bonchev–Trinajstić information content (AvgIpc) is 3.18. The lowest BCUT2D eigenvalue weighted by molar-refractivity contribution is -0.114. The Kier molecular flexibility index (Phi) is 6.07. The molecule has 31 heavy (non-hydrogen) atoms. The summed E-state index contributed by atoms with van der Waals surface area (Å²) in [5.41, 5.74) is 4.48. The minimum Gasteiger partial charge on any atom is -0.324 e. The fourth-order valence-corrected chi connectivity index (χ4v) is 7.78. The molecule has 1 N–H and O–H groups in total. The van der Waals surface area contributed by atoms with Crippen molar-refractivity contribution >= 4 is 55.6 Å². The minimum absolute atomic E-state index is 0.0468. The number of hydrogen-bond donors (Lipinski definition) is 1. The summed E-state index contributed by atoms with van der Waals surface area (Å²) < 4.78 is 23.9. The number of amidine groups is 1. The summed E-state index contributed by atoms with van der Waals surface area (Å²) in [6.07, 6.45) is 0. The Bertz CT molecular complexity index is 1160. The lowest BCUT2D eigenvalue weighted by Crippen LogP contribution is -2.37. The summed E-state index contributed by atoms with van der Waals surface area (Å²) in [6, 6.07) is 11.2. The zero-order valence-electron chi connectivity index (χ0n) is 17.6. The molecule has 1 saturated heterocycles. The van der Waals surface area contributed by atoms with Crippen LogP contribution in [0.3, 0.4) is 0 Å². The molecule has 2 aliphatic rings. The first kappa shape index (κ1) is 22.2. The molecule has 4 rings (SSSR count). The molecule has 9 heteroatoms. The van der Waals surface area contributed by atoms with Gasteiger partial charge in [0.15, 0.2) is 15.0 Å². The van der Waals surface area contributed by atoms with E-state index in [-0.39, 0.29) is 35.2 Å². The molecule has 2 aromatic rings. The molecular formula is C22H24ClN3O3S2. The molecule has 2 atom stereocenters. The molecule has 0 radical (unpaired) electrons. The van der Waals surface area contributed by atoms with Gasteiger partial charge in [0.1, 0.15) is 6.54 Å². The van der Waals surface area contributed by atoms with Gasteiger partial charge in [0.05, 0.1) is 17.5 Å². The number of nitrogens with zero attached hydrogens (tertiary/aromatic N) is 2. The largest absolute Gasteiger partial charge is 0.324 e. The predicted molar refractivity (Wildman–Crippen MR) is 129 cm³/mol. The van der Waals surface area contributed by atoms with Crippen LogP contribution in [0.4, 0.5) is 11.4 Å². The number of carbonyl (C=O) groups is 1. The smallest absolute Gasteiger partial charge is 0.244 e. The molecule has 2 heterocycles. The molecule has 0 spiro atoms. The summed E-state index contributed by atoms with van der Waals surface area (Å²) in [4.78, 5) is 19.5. The Balaban J connectivity index is 1.62. The van der Waals surface area contributed by atoms with E-state index in [1.54, 1.807) is 0 Å². The molecule has 2 aromatic carbocycles. The number of aliphatic imine (C=N–C) groups is 1. The lowest BCUT2D eigenvalue weighted by atomic mass is 10.1. The second kappa shape index (κ2) is 8.48. The zero-order valence-corrected chi connectivity index (χ0v) is 19.9. The first-order valence-corrected chi connectivity index (χ1v) is 13.1. The quantitative estimate of drug-likeness (QED) is 0.720. The second-order valence-electron chi connectivity index (χ2n) is 8.05. The summed E-state index contributed by atoms with van der Waals surface area (Å²) in [7, 11) is -3.05. The predicted octanol–water partition coefficient (Wildman–Crippen LogP) is 3.98. The molecule has 0 bridgehead atoms. The van der Waals surface area contributed by atoms with Crippen molar-refractivity contribution < 1.29 is 13.2 Å². The summed E-state index contributed by atoms with van der Waals surface area (Å²) in [5.74, 6) is -0.000367. The van der Waals surface area contributed by atoms with Crippen LogP contribution < -0.4 is 10.2 Å². The lowest BCUT2D eigenvalue weighted by Gasteiger charge is -2.25. The number of halogens is 1. The van der Waals surface area contributed by atoms with Crippen LogP contribution in [0.5, 0.6) is 0 Å². The van der Waals surface area contributed by atoms with Gasteiger partial charge in [0, 0.05) is 21.6 Å². The van der Waals surface area contributed by atoms with E-state index in [1.165, 1.54) is 11.8 Å². The van der Waals surface area contributed by atoms with Gasteiger partial charge in [-0.2, -0.15) is 0 Å². The highest BCUT2D eigenvalue weighted by molar-refractivity contribution is 8.15. The van der Waals surface area contributed by atoms with Crippen molar-refractivity contribution in [2.24, 2.45) is 4.99 Å². The number of rotatable bonds is 4. The number of sulfone groups is 1. The summed E-state index contributed by atoms with van der Waals surface area (Å²) >= 11 is 7.78. The Hall–Kier alpha value is -2.03. The van der Waals surface area contributed by atoms with Crippen LogP contribution in [0.1, 0.15) is 16.7 Å². The number of anilines is 2. The van der Waals surface area contributed by atoms with Crippen molar-refractivity contribution in [1.82, 2.24) is 0 Å². The molecule has 1 fully saturated rings. The number of amides is 1. The molecule has 1 amide bonds. The Morgan fingerprint density at radius 3 is 2.52 bits per heavy atom. The number of carbonyl (C=O) groups excluding carboxylic acids is 1. The van der Waals surface area contributed by atoms with E-state index in [0.717, 1.165) is 28.1 Å². The molecule has 0 unspecified atom stereocenters. The molecule has 0 aromatic heterocycles. The number of hydrogen-bond acceptors (Lipinski definition) is 6. The fraction of sp³-hybridized carbons (Fsp3) is 0.364. The van der Waals surface area contributed by atoms with E-state index in [0.29, 0.717) is 10.2 Å². The maximum Gasteiger partial charge on any atom is 0.244 e. The van der Waals surface area contributed by atoms with Gasteiger partial charge in [-0.3, -0.25) is 9.79 Å². The Morgan fingerprint density at radius 1 is 1.16 bits per heavy atom. The highest BCUT2D eigenvalue weighted by Gasteiger charge is 2.44. The van der Waals surface area contributed by atoms with Gasteiger partial charge >= 0.3 is 0 Å². The van der Waals surface area contributed by atoms with Crippen LogP contribution in [-0.2, 0) is 14.6 Å². The second-order valence-corrected chi connectivity index (χ2v) is 11.8. The first-order valence-electron chi connectivity index (χ1n) is 9.97. The van der Waals surface area contributed by atoms with Crippen LogP contribution >= 0.6 is 23.4 Å². The van der Waals surface area contributed by atoms with Crippen molar-refractivity contribution in [3.05, 3.63) is 58.1 Å². The van der Waals surface area contributed by atoms with Crippen LogP contribution in [0, 0.1) is 20.8 Å². The molecular weight excluding hydrogens is 454 g/mol. The first-order chi connectivity index (χ1) is 14.6. The summed E-state index contributed by atoms with van der Waals surface area (Å²) in [6.45, 7) is 5.88. The van der Waals surface area contributed by atoms with E-state index in [1.807, 2.05) is 62.1 Å². The SMILES string of the molecule is Cc1ccc(N(CC(=O)Nc2c(C)cccc2C)C2=N[C@@H]3CS(=O)(=O)C[C@H]3S2)cc1Cl. The van der Waals surface area contributed by atoms with Crippen LogP contribution in [0.2, 0.25) is 5.02 Å². The number of thioether (sulfide) groups is 1. The van der Waals surface area contributed by atoms with Gasteiger partial charge in [-0.05, 0) is 49.6 Å². The van der Waals surface area contributed by atoms with Gasteiger partial charge in [0.2, 0.25) is 5.91 Å². The normalized spacial score (nSPS) is 21.5. The van der Waals surface area contributed by atoms with E-state index in [4.69, 9.17) is 11.6 Å². The number of para-hydroxylation sites is 1. The Labute approximate surface area is 192 Å². The van der Waals surface area contributed by atoms with Crippen LogP contribution in [0.25, 0.3) is 0 Å². The fourth-order valence-electron chi connectivity index (χ4n) is 3.82. The van der Waals surface area contributed by atoms with Gasteiger partial charge in [-0.15, -0.1) is 0 Å². The number of fused-ring (bicyclic) bond motifs is 1. The highest BCUT2D eigenvalue weighted by atomic mass is 35.5. The number of benzene rings is 2. The van der Waals surface area contributed by atoms with Gasteiger partial charge in [-0.1, -0.05) is 47.6 Å². The standard InChI is InChI=1S/C22H24ClN3O3S2/c1-13-7-8-16(9-17(13)23)26(22-24-18-11-31(28,29)12-19(18)30-22)10-20(27)25-21-14(2)5-4-6-15(21)3/h4-9,18-19H,10-12H2,1-3H3,(H,25,27)/t18-,19-/m1/s1. The van der Waals surface area contributed by atoms with E-state index in [2.05, 4.69) is 10.3 Å². The van der Waals surface area contributed by atoms with Crippen molar-refractivity contribution in [1.29, 1.82) is 0 Å². The van der Waals surface area contributed by atoms with Crippen molar-refractivity contribution in [3.8, 4) is 0 Å². The van der Waals surface area contributed by atoms with Gasteiger partial charge < -0.3 is 10.2 Å². The third kappa shape index (κ3) is 4.76. The minimum atomic E-state index is -3.05. The number of nitrogens with one attached hydrogen (secondary N) is 1. The van der Waals surface area contributed by atoms with Crippen molar-refractivity contribution in [2.75, 3.05) is 28.3 Å². The van der Waals surface area contributed by atoms with Crippen molar-refractivity contribution in [3.63, 3.8) is 0 Å². The van der Waals surface area contributed by atoms with Gasteiger partial charge in [-0.25, -0.2) is 8.42 Å². The van der Waals surface area contributed by atoms with E-state index < -0.39 is 9.84 Å². The van der Waals surface area contributed by atoms with Crippen LogP contribution in [0.15, 0.2) is 41.4 Å². The average molecular weight is 478 g/mol. The molecule has 6 nitrogen and oxygen atoms in total. The molecule has 0 saturated carbocycles. The third-order valence-electron chi connectivity index (χ3n) is 5.55. The monoisotopic (exact) mass is 477 g/mol. The zero-order chi connectivity index (χ0) is 22.3. The van der Waals surface area contributed by atoms with E-state index in [9.17, 15) is 13.2 Å². The van der Waals surface area contributed by atoms with Crippen LogP contribution in [-0.4, -0.2) is 48.8 Å². The molecule has 164 valence electrons. The van der Waals surface area contributed by atoms with Gasteiger partial charge in [0.25, 0.3) is 0 Å².